The zero-order valence-electron chi connectivity index (χ0n) is 7.48. The van der Waals surface area contributed by atoms with E-state index in [2.05, 4.69) is 4.98 Å². The first-order chi connectivity index (χ1) is 7.11. The molecule has 0 aliphatic carbocycles. The van der Waals surface area contributed by atoms with Crippen molar-refractivity contribution in [3.05, 3.63) is 34.7 Å². The average Bonchev–Trinajstić information content (AvgIpc) is 2.52. The Balaban J connectivity index is 2.74. The number of hydrogen-bond donors (Lipinski definition) is 2. The van der Waals surface area contributed by atoms with Crippen LogP contribution in [0.2, 0.25) is 0 Å². The minimum absolute atomic E-state index is 0.405. The molecule has 0 amide bonds. The van der Waals surface area contributed by atoms with Crippen molar-refractivity contribution in [3.8, 4) is 0 Å². The maximum Gasteiger partial charge on any atom is 0.337 e. The molecule has 1 unspecified atom stereocenters. The van der Waals surface area contributed by atoms with Crippen LogP contribution in [0.4, 0.5) is 0 Å². The van der Waals surface area contributed by atoms with E-state index in [1.807, 2.05) is 0 Å². The molecule has 0 aliphatic rings. The summed E-state index contributed by atoms with van der Waals surface area (Å²) in [5.41, 5.74) is 0.840. The molecule has 1 heterocycles. The number of rotatable bonds is 2. The maximum atomic E-state index is 11.5. The number of carboxylic acids is 1. The molecule has 2 rings (SSSR count). The number of nitrogens with one attached hydrogen (secondary N) is 1. The summed E-state index contributed by atoms with van der Waals surface area (Å²) in [5, 5.41) is 8.86. The van der Waals surface area contributed by atoms with Gasteiger partial charge in [0.25, 0.3) is 0 Å². The third kappa shape index (κ3) is 1.65. The van der Waals surface area contributed by atoms with Crippen molar-refractivity contribution in [1.29, 1.82) is 0 Å². The van der Waals surface area contributed by atoms with Crippen LogP contribution in [-0.4, -0.2) is 20.6 Å². The van der Waals surface area contributed by atoms with Gasteiger partial charge in [0.2, 0.25) is 0 Å². The van der Waals surface area contributed by atoms with Crippen LogP contribution < -0.4 is 5.69 Å². The van der Waals surface area contributed by atoms with Gasteiger partial charge in [-0.25, -0.2) is 9.59 Å². The zero-order valence-corrected chi connectivity index (χ0v) is 9.63. The van der Waals surface area contributed by atoms with E-state index in [0.717, 1.165) is 0 Å². The van der Waals surface area contributed by atoms with Crippen LogP contribution in [0.1, 0.15) is 4.05 Å². The van der Waals surface area contributed by atoms with Gasteiger partial charge in [0.1, 0.15) is 0 Å². The number of fused-ring (bicyclic) bond motifs is 1. The standard InChI is InChI=1S/C9H7IN2O3/c10-7(8(13)14)12-6-4-2-1-3-5(6)11-9(12)15/h1-4,7H,(H,11,15)(H,13,14). The molecule has 0 fully saturated rings. The Morgan fingerprint density at radius 1 is 1.47 bits per heavy atom. The molecule has 5 nitrogen and oxygen atoms in total. The minimum Gasteiger partial charge on any atom is -0.479 e. The van der Waals surface area contributed by atoms with Gasteiger partial charge in [-0.05, 0) is 34.7 Å². The number of aliphatic carboxylic acids is 1. The van der Waals surface area contributed by atoms with E-state index in [4.69, 9.17) is 5.11 Å². The number of benzene rings is 1. The van der Waals surface area contributed by atoms with Crippen molar-refractivity contribution < 1.29 is 9.90 Å². The fraction of sp³-hybridized carbons (Fsp3) is 0.111. The molecule has 78 valence electrons. The number of aromatic amines is 1. The maximum absolute atomic E-state index is 11.5. The van der Waals surface area contributed by atoms with E-state index >= 15 is 0 Å². The third-order valence-corrected chi connectivity index (χ3v) is 3.14. The Labute approximate surface area is 97.9 Å². The minimum atomic E-state index is -1.04. The van der Waals surface area contributed by atoms with Crippen LogP contribution in [-0.2, 0) is 4.79 Å². The van der Waals surface area contributed by atoms with Gasteiger partial charge in [0.15, 0.2) is 4.05 Å². The zero-order chi connectivity index (χ0) is 11.0. The summed E-state index contributed by atoms with van der Waals surface area (Å²) >= 11 is 1.71. The molecule has 0 spiro atoms. The van der Waals surface area contributed by atoms with Gasteiger partial charge in [0, 0.05) is 0 Å². The van der Waals surface area contributed by atoms with Gasteiger partial charge in [-0.2, -0.15) is 0 Å². The molecule has 0 saturated carbocycles. The van der Waals surface area contributed by atoms with E-state index in [-0.39, 0.29) is 0 Å². The van der Waals surface area contributed by atoms with Crippen LogP contribution >= 0.6 is 22.6 Å². The van der Waals surface area contributed by atoms with Crippen molar-refractivity contribution in [2.45, 2.75) is 4.05 Å². The van der Waals surface area contributed by atoms with E-state index in [9.17, 15) is 9.59 Å². The number of aromatic nitrogens is 2. The first kappa shape index (κ1) is 10.2. The molecule has 0 aliphatic heterocycles. The fourth-order valence-corrected chi connectivity index (χ4v) is 1.96. The van der Waals surface area contributed by atoms with Crippen LogP contribution in [0, 0.1) is 0 Å². The second-order valence-corrected chi connectivity index (χ2v) is 4.17. The Morgan fingerprint density at radius 3 is 2.80 bits per heavy atom. The SMILES string of the molecule is O=C(O)C(I)n1c(=O)[nH]c2ccccc21. The van der Waals surface area contributed by atoms with E-state index in [0.29, 0.717) is 11.0 Å². The predicted octanol–water partition coefficient (Wildman–Crippen LogP) is 1.35. The summed E-state index contributed by atoms with van der Waals surface area (Å²) in [7, 11) is 0. The molecule has 0 radical (unpaired) electrons. The Morgan fingerprint density at radius 2 is 2.13 bits per heavy atom. The molecule has 1 aromatic carbocycles. The summed E-state index contributed by atoms with van der Waals surface area (Å²) in [6, 6.07) is 6.99. The largest absolute Gasteiger partial charge is 0.479 e. The highest BCUT2D eigenvalue weighted by Crippen LogP contribution is 2.19. The lowest BCUT2D eigenvalue weighted by Gasteiger charge is -2.05. The van der Waals surface area contributed by atoms with Crippen molar-refractivity contribution in [2.24, 2.45) is 0 Å². The van der Waals surface area contributed by atoms with Crippen LogP contribution in [0.15, 0.2) is 29.1 Å². The summed E-state index contributed by atoms with van der Waals surface area (Å²) < 4.78 is 0.323. The molecule has 1 aromatic heterocycles. The summed E-state index contributed by atoms with van der Waals surface area (Å²) in [4.78, 5) is 24.9. The number of carboxylic acid groups (broad SMARTS) is 1. The highest BCUT2D eigenvalue weighted by atomic mass is 127. The number of imidazole rings is 1. The first-order valence-corrected chi connectivity index (χ1v) is 5.42. The Bertz CT molecular complexity index is 572. The van der Waals surface area contributed by atoms with E-state index in [1.54, 1.807) is 46.9 Å². The number of H-pyrrole nitrogens is 1. The lowest BCUT2D eigenvalue weighted by Crippen LogP contribution is -2.23. The predicted molar refractivity (Wildman–Crippen MR) is 63.3 cm³/mol. The monoisotopic (exact) mass is 318 g/mol. The molecule has 1 atom stereocenters. The number of hydrogen-bond acceptors (Lipinski definition) is 2. The molecule has 0 saturated heterocycles. The normalized spacial score (nSPS) is 12.9. The summed E-state index contributed by atoms with van der Waals surface area (Å²) in [6.07, 6.45) is 0. The average molecular weight is 318 g/mol. The smallest absolute Gasteiger partial charge is 0.337 e. The number of alkyl halides is 1. The highest BCUT2D eigenvalue weighted by Gasteiger charge is 2.19. The van der Waals surface area contributed by atoms with Gasteiger partial charge in [-0.1, -0.05) is 12.1 Å². The molecule has 2 N–H and O–H groups in total. The number of nitrogens with zero attached hydrogens (tertiary/aromatic N) is 1. The molecular formula is C9H7IN2O3. The van der Waals surface area contributed by atoms with Crippen molar-refractivity contribution in [1.82, 2.24) is 9.55 Å². The van der Waals surface area contributed by atoms with E-state index in [1.165, 1.54) is 4.57 Å². The highest BCUT2D eigenvalue weighted by molar-refractivity contribution is 14.1. The molecule has 0 bridgehead atoms. The lowest BCUT2D eigenvalue weighted by atomic mass is 10.3. The van der Waals surface area contributed by atoms with Crippen molar-refractivity contribution in [2.75, 3.05) is 0 Å². The number of halogens is 1. The van der Waals surface area contributed by atoms with Gasteiger partial charge >= 0.3 is 11.7 Å². The van der Waals surface area contributed by atoms with Crippen molar-refractivity contribution >= 4 is 39.6 Å². The first-order valence-electron chi connectivity index (χ1n) is 4.17. The summed E-state index contributed by atoms with van der Waals surface area (Å²) in [6.45, 7) is 0. The second-order valence-electron chi connectivity index (χ2n) is 2.99. The second kappa shape index (κ2) is 3.69. The Kier molecular flexibility index (Phi) is 2.51. The lowest BCUT2D eigenvalue weighted by molar-refractivity contribution is -0.137. The molecule has 6 heteroatoms. The third-order valence-electron chi connectivity index (χ3n) is 2.05. The fourth-order valence-electron chi connectivity index (χ4n) is 1.41. The van der Waals surface area contributed by atoms with Gasteiger partial charge < -0.3 is 10.1 Å². The Hall–Kier alpha value is -1.31. The van der Waals surface area contributed by atoms with Gasteiger partial charge in [-0.3, -0.25) is 4.57 Å². The van der Waals surface area contributed by atoms with Gasteiger partial charge in [0.05, 0.1) is 11.0 Å². The van der Waals surface area contributed by atoms with Crippen LogP contribution in [0.3, 0.4) is 0 Å². The van der Waals surface area contributed by atoms with E-state index < -0.39 is 15.7 Å². The topological polar surface area (TPSA) is 75.1 Å². The number of carbonyl (C=O) groups is 1. The van der Waals surface area contributed by atoms with Crippen LogP contribution in [0.25, 0.3) is 11.0 Å². The molecular weight excluding hydrogens is 311 g/mol. The quantitative estimate of drug-likeness (QED) is 0.648. The van der Waals surface area contributed by atoms with Crippen LogP contribution in [0.5, 0.6) is 0 Å². The number of para-hydroxylation sites is 2. The molecule has 15 heavy (non-hydrogen) atoms. The molecule has 2 aromatic rings. The van der Waals surface area contributed by atoms with Crippen molar-refractivity contribution in [3.63, 3.8) is 0 Å². The summed E-state index contributed by atoms with van der Waals surface area (Å²) in [5.74, 6) is -1.04. The van der Waals surface area contributed by atoms with Gasteiger partial charge in [-0.15, -0.1) is 0 Å².